The van der Waals surface area contributed by atoms with E-state index in [9.17, 15) is 4.79 Å². The van der Waals surface area contributed by atoms with Crippen molar-refractivity contribution in [2.75, 3.05) is 0 Å². The molecule has 1 aliphatic rings. The number of nitrogens with zero attached hydrogens (tertiary/aromatic N) is 3. The molecule has 0 aromatic carbocycles. The molecule has 0 saturated heterocycles. The summed E-state index contributed by atoms with van der Waals surface area (Å²) in [6.07, 6.45) is 9.10. The molecule has 1 N–H and O–H groups in total. The van der Waals surface area contributed by atoms with Crippen LogP contribution in [0.1, 0.15) is 57.6 Å². The minimum Gasteiger partial charge on any atom is -0.472 e. The Kier molecular flexibility index (Phi) is 6.13. The highest BCUT2D eigenvalue weighted by Crippen LogP contribution is 2.24. The topological polar surface area (TPSA) is 87.9 Å². The standard InChI is InChI=1S/C16H22N4O2/c1-2-3-4-15(21)20-12-5-7-13(8-6-12)22-16-14(11-17)18-9-10-19-16/h9-10,12-13H,2-8H2,1H3,(H,20,21). The normalized spacial score (nSPS) is 20.9. The highest BCUT2D eigenvalue weighted by Gasteiger charge is 2.24. The number of nitriles is 1. The van der Waals surface area contributed by atoms with Crippen LogP contribution in [0.3, 0.4) is 0 Å². The predicted molar refractivity (Wildman–Crippen MR) is 81.1 cm³/mol. The molecule has 6 heteroatoms. The highest BCUT2D eigenvalue weighted by molar-refractivity contribution is 5.76. The molecule has 0 bridgehead atoms. The molecule has 0 radical (unpaired) electrons. The SMILES string of the molecule is CCCCC(=O)NC1CCC(Oc2nccnc2C#N)CC1. The molecule has 1 amide bonds. The van der Waals surface area contributed by atoms with E-state index in [-0.39, 0.29) is 23.7 Å². The number of hydrogen-bond donors (Lipinski definition) is 1. The number of carbonyl (C=O) groups is 1. The van der Waals surface area contributed by atoms with E-state index in [4.69, 9.17) is 10.00 Å². The largest absolute Gasteiger partial charge is 0.472 e. The quantitative estimate of drug-likeness (QED) is 0.871. The summed E-state index contributed by atoms with van der Waals surface area (Å²) in [6.45, 7) is 2.08. The van der Waals surface area contributed by atoms with Crippen molar-refractivity contribution < 1.29 is 9.53 Å². The zero-order valence-electron chi connectivity index (χ0n) is 12.9. The van der Waals surface area contributed by atoms with E-state index in [1.165, 1.54) is 12.4 Å². The molecule has 1 aliphatic carbocycles. The van der Waals surface area contributed by atoms with Crippen LogP contribution in [0.2, 0.25) is 0 Å². The van der Waals surface area contributed by atoms with Gasteiger partial charge in [-0.1, -0.05) is 13.3 Å². The zero-order chi connectivity index (χ0) is 15.8. The summed E-state index contributed by atoms with van der Waals surface area (Å²) in [5.74, 6) is 0.451. The Hall–Kier alpha value is -2.16. The molecule has 0 atom stereocenters. The minimum atomic E-state index is 0.0348. The molecule has 2 rings (SSSR count). The van der Waals surface area contributed by atoms with Crippen molar-refractivity contribution in [2.45, 2.75) is 64.0 Å². The van der Waals surface area contributed by atoms with Gasteiger partial charge in [0.25, 0.3) is 5.88 Å². The molecular weight excluding hydrogens is 280 g/mol. The van der Waals surface area contributed by atoms with Crippen LogP contribution in [0.15, 0.2) is 12.4 Å². The molecule has 0 spiro atoms. The van der Waals surface area contributed by atoms with E-state index < -0.39 is 0 Å². The van der Waals surface area contributed by atoms with Gasteiger partial charge in [-0.05, 0) is 32.1 Å². The van der Waals surface area contributed by atoms with Crippen LogP contribution in [0, 0.1) is 11.3 Å². The number of ether oxygens (including phenoxy) is 1. The predicted octanol–water partition coefficient (Wildman–Crippen LogP) is 2.34. The van der Waals surface area contributed by atoms with E-state index in [0.29, 0.717) is 12.3 Å². The maximum absolute atomic E-state index is 11.7. The number of amides is 1. The molecule has 1 heterocycles. The van der Waals surface area contributed by atoms with Crippen LogP contribution in [0.5, 0.6) is 5.88 Å². The maximum atomic E-state index is 11.7. The van der Waals surface area contributed by atoms with Gasteiger partial charge in [-0.3, -0.25) is 4.79 Å². The average Bonchev–Trinajstić information content (AvgIpc) is 2.55. The number of carbonyl (C=O) groups excluding carboxylic acids is 1. The fourth-order valence-electron chi connectivity index (χ4n) is 2.61. The maximum Gasteiger partial charge on any atom is 0.251 e. The second-order valence-electron chi connectivity index (χ2n) is 5.58. The van der Waals surface area contributed by atoms with E-state index in [1.807, 2.05) is 6.07 Å². The first-order valence-corrected chi connectivity index (χ1v) is 7.90. The van der Waals surface area contributed by atoms with Crippen molar-refractivity contribution in [3.05, 3.63) is 18.1 Å². The zero-order valence-corrected chi connectivity index (χ0v) is 12.9. The molecule has 118 valence electrons. The summed E-state index contributed by atoms with van der Waals surface area (Å²) in [6, 6.07) is 2.22. The van der Waals surface area contributed by atoms with Gasteiger partial charge >= 0.3 is 0 Å². The number of hydrogen-bond acceptors (Lipinski definition) is 5. The monoisotopic (exact) mass is 302 g/mol. The molecule has 1 aromatic heterocycles. The lowest BCUT2D eigenvalue weighted by molar-refractivity contribution is -0.122. The van der Waals surface area contributed by atoms with Crippen LogP contribution in [-0.2, 0) is 4.79 Å². The first-order chi connectivity index (χ1) is 10.7. The third-order valence-electron chi connectivity index (χ3n) is 3.85. The van der Waals surface area contributed by atoms with Gasteiger partial charge in [0.05, 0.1) is 0 Å². The summed E-state index contributed by atoms with van der Waals surface area (Å²) < 4.78 is 5.79. The van der Waals surface area contributed by atoms with Crippen LogP contribution < -0.4 is 10.1 Å². The smallest absolute Gasteiger partial charge is 0.251 e. The number of aromatic nitrogens is 2. The number of unbranched alkanes of at least 4 members (excludes halogenated alkanes) is 1. The fourth-order valence-corrected chi connectivity index (χ4v) is 2.61. The number of rotatable bonds is 6. The van der Waals surface area contributed by atoms with Gasteiger partial charge in [0.15, 0.2) is 0 Å². The summed E-state index contributed by atoms with van der Waals surface area (Å²) in [5, 5.41) is 12.1. The first-order valence-electron chi connectivity index (χ1n) is 7.90. The van der Waals surface area contributed by atoms with Gasteiger partial charge in [-0.25, -0.2) is 9.97 Å². The van der Waals surface area contributed by atoms with Crippen molar-refractivity contribution in [1.82, 2.24) is 15.3 Å². The van der Waals surface area contributed by atoms with Crippen LogP contribution in [0.25, 0.3) is 0 Å². The van der Waals surface area contributed by atoms with Gasteiger partial charge < -0.3 is 10.1 Å². The van der Waals surface area contributed by atoms with Crippen LogP contribution in [0.4, 0.5) is 0 Å². The molecule has 0 aliphatic heterocycles. The third kappa shape index (κ3) is 4.69. The lowest BCUT2D eigenvalue weighted by atomic mass is 9.93. The molecule has 1 fully saturated rings. The second-order valence-corrected chi connectivity index (χ2v) is 5.58. The third-order valence-corrected chi connectivity index (χ3v) is 3.85. The van der Waals surface area contributed by atoms with E-state index in [1.54, 1.807) is 0 Å². The highest BCUT2D eigenvalue weighted by atomic mass is 16.5. The Morgan fingerprint density at radius 2 is 2.09 bits per heavy atom. The molecule has 6 nitrogen and oxygen atoms in total. The van der Waals surface area contributed by atoms with E-state index in [0.717, 1.165) is 38.5 Å². The molecule has 22 heavy (non-hydrogen) atoms. The first kappa shape index (κ1) is 16.2. The van der Waals surface area contributed by atoms with Crippen molar-refractivity contribution in [3.63, 3.8) is 0 Å². The lowest BCUT2D eigenvalue weighted by Crippen LogP contribution is -2.39. The van der Waals surface area contributed by atoms with Crippen molar-refractivity contribution in [3.8, 4) is 11.9 Å². The Balaban J connectivity index is 1.78. The lowest BCUT2D eigenvalue weighted by Gasteiger charge is -2.29. The Morgan fingerprint density at radius 1 is 1.36 bits per heavy atom. The van der Waals surface area contributed by atoms with Crippen LogP contribution in [-0.4, -0.2) is 28.0 Å². The van der Waals surface area contributed by atoms with Gasteiger partial charge in [-0.15, -0.1) is 0 Å². The Bertz CT molecular complexity index is 533. The van der Waals surface area contributed by atoms with Crippen LogP contribution >= 0.6 is 0 Å². The van der Waals surface area contributed by atoms with Crippen molar-refractivity contribution >= 4 is 5.91 Å². The van der Waals surface area contributed by atoms with Gasteiger partial charge in [0.1, 0.15) is 12.2 Å². The van der Waals surface area contributed by atoms with Gasteiger partial charge in [0, 0.05) is 24.9 Å². The van der Waals surface area contributed by atoms with Crippen molar-refractivity contribution in [1.29, 1.82) is 5.26 Å². The summed E-state index contributed by atoms with van der Waals surface area (Å²) >= 11 is 0. The average molecular weight is 302 g/mol. The Labute approximate surface area is 130 Å². The van der Waals surface area contributed by atoms with Gasteiger partial charge in [0.2, 0.25) is 11.6 Å². The summed E-state index contributed by atoms with van der Waals surface area (Å²) in [4.78, 5) is 19.7. The minimum absolute atomic E-state index is 0.0348. The summed E-state index contributed by atoms with van der Waals surface area (Å²) in [7, 11) is 0. The molecular formula is C16H22N4O2. The fraction of sp³-hybridized carbons (Fsp3) is 0.625. The molecule has 0 unspecified atom stereocenters. The number of nitrogens with one attached hydrogen (secondary N) is 1. The second kappa shape index (κ2) is 8.32. The van der Waals surface area contributed by atoms with E-state index >= 15 is 0 Å². The molecule has 1 aromatic rings. The summed E-state index contributed by atoms with van der Waals surface area (Å²) in [5.41, 5.74) is 0.220. The van der Waals surface area contributed by atoms with E-state index in [2.05, 4.69) is 22.2 Å². The van der Waals surface area contributed by atoms with Gasteiger partial charge in [-0.2, -0.15) is 5.26 Å². The molecule has 1 saturated carbocycles. The van der Waals surface area contributed by atoms with Crippen molar-refractivity contribution in [2.24, 2.45) is 0 Å². The Morgan fingerprint density at radius 3 is 2.77 bits per heavy atom.